The Morgan fingerprint density at radius 1 is 1.21 bits per heavy atom. The molecule has 154 valence electrons. The highest BCUT2D eigenvalue weighted by molar-refractivity contribution is 5.81. The van der Waals surface area contributed by atoms with Crippen LogP contribution in [0.2, 0.25) is 0 Å². The lowest BCUT2D eigenvalue weighted by Crippen LogP contribution is -2.43. The standard InChI is InChI=1S/C23H30N4O2/c1-15-10-16(2)12-19(11-15)29-17(3)23(28)27-9-7-20-18(14-27)13-24-22(25-20)21-6-5-8-26(21)4/h10-13,17,21H,5-9,14H2,1-4H3/t17-,21-/m0/s1. The summed E-state index contributed by atoms with van der Waals surface area (Å²) in [6.07, 6.45) is 4.47. The molecule has 6 heteroatoms. The van der Waals surface area contributed by atoms with E-state index in [1.54, 1.807) is 0 Å². The fourth-order valence-corrected chi connectivity index (χ4v) is 4.43. The van der Waals surface area contributed by atoms with Crippen molar-refractivity contribution in [2.24, 2.45) is 0 Å². The molecule has 0 aliphatic carbocycles. The molecule has 0 radical (unpaired) electrons. The van der Waals surface area contributed by atoms with Crippen LogP contribution in [0, 0.1) is 13.8 Å². The molecule has 1 aromatic carbocycles. The van der Waals surface area contributed by atoms with Crippen molar-refractivity contribution < 1.29 is 9.53 Å². The number of hydrogen-bond donors (Lipinski definition) is 0. The first-order valence-electron chi connectivity index (χ1n) is 10.5. The first-order chi connectivity index (χ1) is 13.9. The van der Waals surface area contributed by atoms with Crippen LogP contribution < -0.4 is 4.74 Å². The van der Waals surface area contributed by atoms with Gasteiger partial charge in [0.2, 0.25) is 0 Å². The summed E-state index contributed by atoms with van der Waals surface area (Å²) in [5.74, 6) is 1.68. The molecule has 29 heavy (non-hydrogen) atoms. The molecular weight excluding hydrogens is 364 g/mol. The van der Waals surface area contributed by atoms with Gasteiger partial charge in [0.25, 0.3) is 5.91 Å². The molecule has 2 aromatic rings. The summed E-state index contributed by atoms with van der Waals surface area (Å²) in [5, 5.41) is 0. The highest BCUT2D eigenvalue weighted by atomic mass is 16.5. The summed E-state index contributed by atoms with van der Waals surface area (Å²) in [6.45, 7) is 8.21. The number of benzene rings is 1. The van der Waals surface area contributed by atoms with Crippen molar-refractivity contribution in [3.63, 3.8) is 0 Å². The van der Waals surface area contributed by atoms with E-state index in [0.29, 0.717) is 19.1 Å². The summed E-state index contributed by atoms with van der Waals surface area (Å²) in [5.41, 5.74) is 4.40. The summed E-state index contributed by atoms with van der Waals surface area (Å²) in [7, 11) is 2.14. The lowest BCUT2D eigenvalue weighted by Gasteiger charge is -2.31. The van der Waals surface area contributed by atoms with E-state index >= 15 is 0 Å². The third kappa shape index (κ3) is 4.27. The van der Waals surface area contributed by atoms with E-state index in [1.807, 2.05) is 44.0 Å². The minimum atomic E-state index is -0.523. The number of aromatic nitrogens is 2. The molecular formula is C23H30N4O2. The van der Waals surface area contributed by atoms with Gasteiger partial charge in [-0.2, -0.15) is 0 Å². The predicted octanol–water partition coefficient (Wildman–Crippen LogP) is 3.21. The van der Waals surface area contributed by atoms with Crippen molar-refractivity contribution in [1.82, 2.24) is 19.8 Å². The van der Waals surface area contributed by atoms with E-state index in [-0.39, 0.29) is 5.91 Å². The van der Waals surface area contributed by atoms with E-state index in [4.69, 9.17) is 9.72 Å². The average molecular weight is 395 g/mol. The molecule has 1 saturated heterocycles. The predicted molar refractivity (Wildman–Crippen MR) is 112 cm³/mol. The molecule has 0 N–H and O–H groups in total. The molecule has 6 nitrogen and oxygen atoms in total. The molecule has 0 bridgehead atoms. The highest BCUT2D eigenvalue weighted by Crippen LogP contribution is 2.29. The topological polar surface area (TPSA) is 58.6 Å². The van der Waals surface area contributed by atoms with Gasteiger partial charge in [-0.25, -0.2) is 9.97 Å². The Morgan fingerprint density at radius 3 is 2.66 bits per heavy atom. The molecule has 2 atom stereocenters. The van der Waals surface area contributed by atoms with Crippen LogP contribution in [0.25, 0.3) is 0 Å². The van der Waals surface area contributed by atoms with Crippen LogP contribution in [0.15, 0.2) is 24.4 Å². The molecule has 1 fully saturated rings. The number of carbonyl (C=O) groups is 1. The van der Waals surface area contributed by atoms with Crippen LogP contribution in [0.3, 0.4) is 0 Å². The van der Waals surface area contributed by atoms with Crippen LogP contribution >= 0.6 is 0 Å². The van der Waals surface area contributed by atoms with Crippen molar-refractivity contribution in [3.8, 4) is 5.75 Å². The number of likely N-dealkylation sites (tertiary alicyclic amines) is 1. The van der Waals surface area contributed by atoms with E-state index in [2.05, 4.69) is 23.0 Å². The summed E-state index contributed by atoms with van der Waals surface area (Å²) in [6, 6.07) is 6.36. The van der Waals surface area contributed by atoms with Gasteiger partial charge in [-0.1, -0.05) is 6.07 Å². The zero-order valence-electron chi connectivity index (χ0n) is 17.8. The molecule has 0 unspecified atom stereocenters. The van der Waals surface area contributed by atoms with Crippen molar-refractivity contribution in [2.75, 3.05) is 20.1 Å². The van der Waals surface area contributed by atoms with E-state index in [9.17, 15) is 4.79 Å². The van der Waals surface area contributed by atoms with Gasteiger partial charge in [-0.3, -0.25) is 9.69 Å². The van der Waals surface area contributed by atoms with Crippen molar-refractivity contribution in [3.05, 3.63) is 52.6 Å². The third-order valence-electron chi connectivity index (χ3n) is 5.94. The fourth-order valence-electron chi connectivity index (χ4n) is 4.43. The smallest absolute Gasteiger partial charge is 0.263 e. The van der Waals surface area contributed by atoms with Gasteiger partial charge in [0.05, 0.1) is 11.7 Å². The van der Waals surface area contributed by atoms with Crippen molar-refractivity contribution in [1.29, 1.82) is 0 Å². The van der Waals surface area contributed by atoms with E-state index in [1.165, 1.54) is 6.42 Å². The normalized spacial score (nSPS) is 20.4. The number of aryl methyl sites for hydroxylation is 2. The largest absolute Gasteiger partial charge is 0.481 e. The lowest BCUT2D eigenvalue weighted by molar-refractivity contribution is -0.138. The molecule has 0 spiro atoms. The third-order valence-corrected chi connectivity index (χ3v) is 5.94. The van der Waals surface area contributed by atoms with Crippen LogP contribution in [0.5, 0.6) is 5.75 Å². The van der Waals surface area contributed by atoms with Gasteiger partial charge in [-0.15, -0.1) is 0 Å². The number of ether oxygens (including phenoxy) is 1. The fraction of sp³-hybridized carbons (Fsp3) is 0.522. The Morgan fingerprint density at radius 2 is 1.97 bits per heavy atom. The van der Waals surface area contributed by atoms with Gasteiger partial charge in [0.1, 0.15) is 11.6 Å². The SMILES string of the molecule is Cc1cc(C)cc(O[C@@H](C)C(=O)N2CCc3nc([C@@H]4CCCN4C)ncc3C2)c1. The van der Waals surface area contributed by atoms with Gasteiger partial charge in [0.15, 0.2) is 6.10 Å². The first kappa shape index (κ1) is 19.8. The first-order valence-corrected chi connectivity index (χ1v) is 10.5. The Labute approximate surface area is 172 Å². The Bertz CT molecular complexity index is 893. The summed E-state index contributed by atoms with van der Waals surface area (Å²) >= 11 is 0. The quantitative estimate of drug-likeness (QED) is 0.797. The highest BCUT2D eigenvalue weighted by Gasteiger charge is 2.29. The lowest BCUT2D eigenvalue weighted by atomic mass is 10.1. The maximum Gasteiger partial charge on any atom is 0.263 e. The average Bonchev–Trinajstić information content (AvgIpc) is 3.11. The Hall–Kier alpha value is -2.47. The number of rotatable bonds is 4. The van der Waals surface area contributed by atoms with Crippen LogP contribution in [0.1, 0.15) is 54.0 Å². The maximum atomic E-state index is 13.0. The maximum absolute atomic E-state index is 13.0. The van der Waals surface area contributed by atoms with Crippen LogP contribution in [0.4, 0.5) is 0 Å². The minimum Gasteiger partial charge on any atom is -0.481 e. The van der Waals surface area contributed by atoms with Gasteiger partial charge in [-0.05, 0) is 70.5 Å². The summed E-state index contributed by atoms with van der Waals surface area (Å²) < 4.78 is 5.95. The molecule has 2 aliphatic heterocycles. The number of nitrogens with zero attached hydrogens (tertiary/aromatic N) is 4. The number of fused-ring (bicyclic) bond motifs is 1. The molecule has 4 rings (SSSR count). The second kappa shape index (κ2) is 8.11. The molecule has 3 heterocycles. The zero-order chi connectivity index (χ0) is 20.5. The molecule has 0 saturated carbocycles. The summed E-state index contributed by atoms with van der Waals surface area (Å²) in [4.78, 5) is 26.6. The monoisotopic (exact) mass is 394 g/mol. The van der Waals surface area contributed by atoms with E-state index < -0.39 is 6.10 Å². The Kier molecular flexibility index (Phi) is 5.54. The second-order valence-corrected chi connectivity index (χ2v) is 8.43. The Balaban J connectivity index is 1.43. The second-order valence-electron chi connectivity index (χ2n) is 8.43. The van der Waals surface area contributed by atoms with Gasteiger partial charge < -0.3 is 9.64 Å². The minimum absolute atomic E-state index is 0.00871. The molecule has 1 aromatic heterocycles. The zero-order valence-corrected chi connectivity index (χ0v) is 17.8. The van der Waals surface area contributed by atoms with Crippen LogP contribution in [-0.4, -0.2) is 51.9 Å². The van der Waals surface area contributed by atoms with Crippen molar-refractivity contribution in [2.45, 2.75) is 58.7 Å². The molecule has 1 amide bonds. The molecule has 2 aliphatic rings. The number of carbonyl (C=O) groups excluding carboxylic acids is 1. The number of hydrogen-bond acceptors (Lipinski definition) is 5. The van der Waals surface area contributed by atoms with Gasteiger partial charge in [0, 0.05) is 31.3 Å². The van der Waals surface area contributed by atoms with Crippen molar-refractivity contribution >= 4 is 5.91 Å². The number of amides is 1. The van der Waals surface area contributed by atoms with Gasteiger partial charge >= 0.3 is 0 Å². The van der Waals surface area contributed by atoms with E-state index in [0.717, 1.165) is 53.3 Å². The van der Waals surface area contributed by atoms with Crippen LogP contribution in [-0.2, 0) is 17.8 Å².